The maximum Gasteiger partial charge on any atom is 0.435 e. The molecule has 2 rings (SSSR count). The van der Waals surface area contributed by atoms with Gasteiger partial charge in [-0.3, -0.25) is 10.3 Å². The number of aromatic nitrogens is 3. The van der Waals surface area contributed by atoms with Gasteiger partial charge < -0.3 is 4.74 Å². The van der Waals surface area contributed by atoms with Crippen molar-refractivity contribution in [2.45, 2.75) is 26.4 Å². The van der Waals surface area contributed by atoms with Crippen LogP contribution in [0, 0.1) is 6.92 Å². The molecule has 0 unspecified atom stereocenters. The molecule has 6 nitrogen and oxygen atoms in total. The SMILES string of the molecule is CCCOC(=O)Nc1cnc(-c2cncc(C)c2)nc1C(F)(F)F. The number of nitrogens with zero attached hydrogens (tertiary/aromatic N) is 3. The van der Waals surface area contributed by atoms with Crippen LogP contribution in [0.1, 0.15) is 24.6 Å². The van der Waals surface area contributed by atoms with Crippen molar-refractivity contribution in [3.63, 3.8) is 0 Å². The topological polar surface area (TPSA) is 77.0 Å². The third kappa shape index (κ3) is 4.40. The number of carbonyl (C=O) groups is 1. The smallest absolute Gasteiger partial charge is 0.435 e. The lowest BCUT2D eigenvalue weighted by molar-refractivity contribution is -0.140. The summed E-state index contributed by atoms with van der Waals surface area (Å²) in [6.07, 6.45) is -1.37. The summed E-state index contributed by atoms with van der Waals surface area (Å²) in [5.41, 5.74) is -0.703. The number of aryl methyl sites for hydroxylation is 1. The highest BCUT2D eigenvalue weighted by atomic mass is 19.4. The quantitative estimate of drug-likeness (QED) is 0.915. The van der Waals surface area contributed by atoms with Gasteiger partial charge in [-0.25, -0.2) is 14.8 Å². The standard InChI is InChI=1S/C15H15F3N4O2/c1-3-4-24-14(23)21-11-8-20-13(22-12(11)15(16,17)18)10-5-9(2)6-19-7-10/h5-8H,3-4H2,1-2H3,(H,21,23). The van der Waals surface area contributed by atoms with Gasteiger partial charge >= 0.3 is 12.3 Å². The molecule has 2 aromatic heterocycles. The van der Waals surface area contributed by atoms with E-state index in [4.69, 9.17) is 4.74 Å². The van der Waals surface area contributed by atoms with E-state index < -0.39 is 23.7 Å². The molecule has 0 fully saturated rings. The van der Waals surface area contributed by atoms with Crippen LogP contribution in [0.2, 0.25) is 0 Å². The molecule has 0 saturated carbocycles. The van der Waals surface area contributed by atoms with Gasteiger partial charge in [0.1, 0.15) is 0 Å². The highest BCUT2D eigenvalue weighted by Crippen LogP contribution is 2.34. The van der Waals surface area contributed by atoms with E-state index in [1.807, 2.05) is 5.32 Å². The molecular formula is C15H15F3N4O2. The van der Waals surface area contributed by atoms with Gasteiger partial charge in [-0.2, -0.15) is 13.2 Å². The second-order valence-electron chi connectivity index (χ2n) is 4.97. The number of hydrogen-bond donors (Lipinski definition) is 1. The van der Waals surface area contributed by atoms with Crippen molar-refractivity contribution in [1.82, 2.24) is 15.0 Å². The molecule has 1 N–H and O–H groups in total. The van der Waals surface area contributed by atoms with Crippen molar-refractivity contribution in [1.29, 1.82) is 0 Å². The molecule has 24 heavy (non-hydrogen) atoms. The Balaban J connectivity index is 2.37. The molecule has 2 aromatic rings. The molecule has 9 heteroatoms. The van der Waals surface area contributed by atoms with Gasteiger partial charge in [0.15, 0.2) is 11.5 Å². The van der Waals surface area contributed by atoms with Crippen LogP contribution < -0.4 is 5.32 Å². The van der Waals surface area contributed by atoms with Gasteiger partial charge in [-0.15, -0.1) is 0 Å². The van der Waals surface area contributed by atoms with Crippen molar-refractivity contribution in [3.05, 3.63) is 35.9 Å². The Hall–Kier alpha value is -2.71. The highest BCUT2D eigenvalue weighted by molar-refractivity contribution is 5.85. The average Bonchev–Trinajstić information content (AvgIpc) is 2.52. The van der Waals surface area contributed by atoms with E-state index in [0.29, 0.717) is 12.0 Å². The Labute approximate surface area is 136 Å². The minimum absolute atomic E-state index is 0.0983. The molecule has 0 spiro atoms. The predicted molar refractivity (Wildman–Crippen MR) is 80.3 cm³/mol. The Morgan fingerprint density at radius 1 is 1.29 bits per heavy atom. The van der Waals surface area contributed by atoms with Gasteiger partial charge in [-0.05, 0) is 25.0 Å². The number of hydrogen-bond acceptors (Lipinski definition) is 5. The minimum Gasteiger partial charge on any atom is -0.449 e. The molecule has 0 aromatic carbocycles. The van der Waals surface area contributed by atoms with Crippen molar-refractivity contribution in [3.8, 4) is 11.4 Å². The number of nitrogens with one attached hydrogen (secondary N) is 1. The largest absolute Gasteiger partial charge is 0.449 e. The first-order valence-electron chi connectivity index (χ1n) is 7.11. The predicted octanol–water partition coefficient (Wildman–Crippen LogP) is 3.82. The summed E-state index contributed by atoms with van der Waals surface area (Å²) in [7, 11) is 0. The molecular weight excluding hydrogens is 325 g/mol. The van der Waals surface area contributed by atoms with Crippen LogP contribution >= 0.6 is 0 Å². The van der Waals surface area contributed by atoms with Crippen molar-refractivity contribution < 1.29 is 22.7 Å². The second kappa shape index (κ2) is 7.24. The van der Waals surface area contributed by atoms with Gasteiger partial charge in [0.05, 0.1) is 18.5 Å². The Morgan fingerprint density at radius 2 is 2.04 bits per heavy atom. The summed E-state index contributed by atoms with van der Waals surface area (Å²) in [6, 6.07) is 1.62. The van der Waals surface area contributed by atoms with Crippen molar-refractivity contribution in [2.24, 2.45) is 0 Å². The number of carbonyl (C=O) groups excluding carboxylic acids is 1. The number of alkyl halides is 3. The molecule has 0 aliphatic rings. The monoisotopic (exact) mass is 340 g/mol. The van der Waals surface area contributed by atoms with Gasteiger partial charge in [0.2, 0.25) is 0 Å². The fourth-order valence-electron chi connectivity index (χ4n) is 1.85. The summed E-state index contributed by atoms with van der Waals surface area (Å²) in [6.45, 7) is 3.62. The van der Waals surface area contributed by atoms with E-state index in [1.54, 1.807) is 26.1 Å². The second-order valence-corrected chi connectivity index (χ2v) is 4.97. The van der Waals surface area contributed by atoms with E-state index in [9.17, 15) is 18.0 Å². The van der Waals surface area contributed by atoms with Gasteiger partial charge in [0, 0.05) is 18.0 Å². The fraction of sp³-hybridized carbons (Fsp3) is 0.333. The number of rotatable bonds is 4. The first-order chi connectivity index (χ1) is 11.3. The van der Waals surface area contributed by atoms with Crippen LogP contribution in [0.15, 0.2) is 24.7 Å². The van der Waals surface area contributed by atoms with Crippen LogP contribution in [0.25, 0.3) is 11.4 Å². The first-order valence-corrected chi connectivity index (χ1v) is 7.11. The average molecular weight is 340 g/mol. The normalized spacial score (nSPS) is 11.2. The zero-order valence-electron chi connectivity index (χ0n) is 13.0. The number of ether oxygens (including phenoxy) is 1. The summed E-state index contributed by atoms with van der Waals surface area (Å²) in [4.78, 5) is 22.8. The maximum absolute atomic E-state index is 13.2. The third-order valence-electron chi connectivity index (χ3n) is 2.86. The van der Waals surface area contributed by atoms with Crippen molar-refractivity contribution in [2.75, 3.05) is 11.9 Å². The van der Waals surface area contributed by atoms with E-state index in [1.165, 1.54) is 6.20 Å². The first kappa shape index (κ1) is 17.6. The Kier molecular flexibility index (Phi) is 5.32. The van der Waals surface area contributed by atoms with Gasteiger partial charge in [-0.1, -0.05) is 6.92 Å². The molecule has 0 atom stereocenters. The third-order valence-corrected chi connectivity index (χ3v) is 2.86. The van der Waals surface area contributed by atoms with Crippen LogP contribution in [0.3, 0.4) is 0 Å². The molecule has 0 radical (unpaired) electrons. The maximum atomic E-state index is 13.2. The van der Waals surface area contributed by atoms with E-state index in [-0.39, 0.29) is 12.4 Å². The lowest BCUT2D eigenvalue weighted by Crippen LogP contribution is -2.20. The van der Waals surface area contributed by atoms with Crippen LogP contribution in [0.4, 0.5) is 23.7 Å². The number of halogens is 3. The van der Waals surface area contributed by atoms with Crippen LogP contribution in [0.5, 0.6) is 0 Å². The lowest BCUT2D eigenvalue weighted by atomic mass is 10.2. The van der Waals surface area contributed by atoms with Crippen LogP contribution in [-0.4, -0.2) is 27.7 Å². The zero-order chi connectivity index (χ0) is 17.7. The van der Waals surface area contributed by atoms with Gasteiger partial charge in [0.25, 0.3) is 0 Å². The van der Waals surface area contributed by atoms with Crippen LogP contribution in [-0.2, 0) is 10.9 Å². The summed E-state index contributed by atoms with van der Waals surface area (Å²) in [5, 5.41) is 2.02. The lowest BCUT2D eigenvalue weighted by Gasteiger charge is -2.13. The molecule has 0 aliphatic heterocycles. The molecule has 1 amide bonds. The highest BCUT2D eigenvalue weighted by Gasteiger charge is 2.37. The number of amides is 1. The Bertz CT molecular complexity index is 735. The minimum atomic E-state index is -4.76. The Morgan fingerprint density at radius 3 is 2.67 bits per heavy atom. The van der Waals surface area contributed by atoms with E-state index in [2.05, 4.69) is 15.0 Å². The molecule has 0 saturated heterocycles. The van der Waals surface area contributed by atoms with E-state index >= 15 is 0 Å². The fourth-order valence-corrected chi connectivity index (χ4v) is 1.85. The van der Waals surface area contributed by atoms with E-state index in [0.717, 1.165) is 11.8 Å². The molecule has 128 valence electrons. The molecule has 0 bridgehead atoms. The number of anilines is 1. The molecule has 0 aliphatic carbocycles. The number of pyridine rings is 1. The summed E-state index contributed by atoms with van der Waals surface area (Å²) < 4.78 is 44.4. The zero-order valence-corrected chi connectivity index (χ0v) is 13.0. The summed E-state index contributed by atoms with van der Waals surface area (Å²) >= 11 is 0. The van der Waals surface area contributed by atoms with Crippen molar-refractivity contribution >= 4 is 11.8 Å². The molecule has 2 heterocycles. The summed E-state index contributed by atoms with van der Waals surface area (Å²) in [5.74, 6) is -0.133.